The molecule has 2 aromatic carbocycles. The lowest BCUT2D eigenvalue weighted by Crippen LogP contribution is -2.36. The van der Waals surface area contributed by atoms with Gasteiger partial charge in [0.15, 0.2) is 0 Å². The average Bonchev–Trinajstić information content (AvgIpc) is 2.58. The number of ether oxygens (including phenoxy) is 1. The molecule has 0 atom stereocenters. The van der Waals surface area contributed by atoms with Crippen molar-refractivity contribution in [1.29, 1.82) is 0 Å². The second kappa shape index (κ2) is 8.67. The van der Waals surface area contributed by atoms with Crippen molar-refractivity contribution in [2.24, 2.45) is 0 Å². The van der Waals surface area contributed by atoms with E-state index in [1.807, 2.05) is 6.92 Å². The number of anilines is 1. The molecule has 5 nitrogen and oxygen atoms in total. The van der Waals surface area contributed by atoms with E-state index in [0.29, 0.717) is 31.0 Å². The Morgan fingerprint density at radius 2 is 1.67 bits per heavy atom. The van der Waals surface area contributed by atoms with Crippen LogP contribution in [0.5, 0.6) is 5.75 Å². The molecule has 0 bridgehead atoms. The third-order valence-corrected chi connectivity index (χ3v) is 3.24. The molecule has 2 N–H and O–H groups in total. The van der Waals surface area contributed by atoms with Gasteiger partial charge in [-0.05, 0) is 55.3 Å². The quantitative estimate of drug-likeness (QED) is 0.800. The molecule has 0 radical (unpaired) electrons. The highest BCUT2D eigenvalue weighted by molar-refractivity contribution is 6.39. The van der Waals surface area contributed by atoms with E-state index in [9.17, 15) is 14.0 Å². The molecule has 2 aromatic rings. The molecule has 0 aromatic heterocycles. The fourth-order valence-corrected chi connectivity index (χ4v) is 2.04. The molecule has 0 aliphatic rings. The first kappa shape index (κ1) is 17.5. The van der Waals surface area contributed by atoms with Gasteiger partial charge in [-0.2, -0.15) is 0 Å². The molecule has 0 saturated carbocycles. The molecule has 0 unspecified atom stereocenters. The lowest BCUT2D eigenvalue weighted by molar-refractivity contribution is -0.136. The van der Waals surface area contributed by atoms with Gasteiger partial charge in [0.25, 0.3) is 0 Å². The van der Waals surface area contributed by atoms with E-state index >= 15 is 0 Å². The SMILES string of the molecule is CCOc1ccc(NC(=O)C(=O)NCCc2ccc(F)cc2)cc1. The summed E-state index contributed by atoms with van der Waals surface area (Å²) in [6.07, 6.45) is 0.516. The fraction of sp³-hybridized carbons (Fsp3) is 0.222. The molecule has 0 aliphatic heterocycles. The van der Waals surface area contributed by atoms with Gasteiger partial charge >= 0.3 is 11.8 Å². The summed E-state index contributed by atoms with van der Waals surface area (Å²) in [7, 11) is 0. The smallest absolute Gasteiger partial charge is 0.313 e. The number of carbonyl (C=O) groups excluding carboxylic acids is 2. The van der Waals surface area contributed by atoms with Crippen molar-refractivity contribution >= 4 is 17.5 Å². The highest BCUT2D eigenvalue weighted by Crippen LogP contribution is 2.15. The van der Waals surface area contributed by atoms with Crippen LogP contribution < -0.4 is 15.4 Å². The van der Waals surface area contributed by atoms with Crippen LogP contribution in [0.1, 0.15) is 12.5 Å². The first-order chi connectivity index (χ1) is 11.6. The van der Waals surface area contributed by atoms with E-state index in [4.69, 9.17) is 4.74 Å². The number of nitrogens with one attached hydrogen (secondary N) is 2. The Bertz CT molecular complexity index is 684. The van der Waals surface area contributed by atoms with Crippen LogP contribution in [0, 0.1) is 5.82 Å². The lowest BCUT2D eigenvalue weighted by atomic mass is 10.1. The highest BCUT2D eigenvalue weighted by Gasteiger charge is 2.13. The number of rotatable bonds is 6. The second-order valence-corrected chi connectivity index (χ2v) is 5.04. The fourth-order valence-electron chi connectivity index (χ4n) is 2.04. The van der Waals surface area contributed by atoms with Crippen molar-refractivity contribution in [3.8, 4) is 5.75 Å². The molecule has 126 valence electrons. The second-order valence-electron chi connectivity index (χ2n) is 5.04. The number of benzene rings is 2. The Labute approximate surface area is 139 Å². The van der Waals surface area contributed by atoms with E-state index in [1.165, 1.54) is 12.1 Å². The van der Waals surface area contributed by atoms with E-state index in [2.05, 4.69) is 10.6 Å². The van der Waals surface area contributed by atoms with Gasteiger partial charge in [0, 0.05) is 12.2 Å². The van der Waals surface area contributed by atoms with Crippen LogP contribution in [0.25, 0.3) is 0 Å². The Hall–Kier alpha value is -2.89. The van der Waals surface area contributed by atoms with Gasteiger partial charge in [-0.1, -0.05) is 12.1 Å². The minimum Gasteiger partial charge on any atom is -0.494 e. The lowest BCUT2D eigenvalue weighted by Gasteiger charge is -2.08. The molecular weight excluding hydrogens is 311 g/mol. The van der Waals surface area contributed by atoms with Crippen LogP contribution in [0.15, 0.2) is 48.5 Å². The molecule has 2 amide bonds. The Kier molecular flexibility index (Phi) is 6.31. The number of hydrogen-bond acceptors (Lipinski definition) is 3. The van der Waals surface area contributed by atoms with Crippen LogP contribution in [-0.2, 0) is 16.0 Å². The van der Waals surface area contributed by atoms with Crippen molar-refractivity contribution in [2.75, 3.05) is 18.5 Å². The van der Waals surface area contributed by atoms with E-state index < -0.39 is 11.8 Å². The Morgan fingerprint density at radius 1 is 1.00 bits per heavy atom. The van der Waals surface area contributed by atoms with Crippen molar-refractivity contribution in [3.63, 3.8) is 0 Å². The van der Waals surface area contributed by atoms with Gasteiger partial charge < -0.3 is 15.4 Å². The molecule has 0 fully saturated rings. The van der Waals surface area contributed by atoms with Crippen molar-refractivity contribution < 1.29 is 18.7 Å². The van der Waals surface area contributed by atoms with Gasteiger partial charge in [0.1, 0.15) is 11.6 Å². The Morgan fingerprint density at radius 3 is 2.29 bits per heavy atom. The van der Waals surface area contributed by atoms with E-state index in [0.717, 1.165) is 5.56 Å². The maximum atomic E-state index is 12.8. The van der Waals surface area contributed by atoms with Crippen LogP contribution in [-0.4, -0.2) is 25.0 Å². The van der Waals surface area contributed by atoms with Gasteiger partial charge in [0.05, 0.1) is 6.61 Å². The van der Waals surface area contributed by atoms with Gasteiger partial charge in [-0.25, -0.2) is 4.39 Å². The molecule has 0 aliphatic carbocycles. The number of amides is 2. The third-order valence-electron chi connectivity index (χ3n) is 3.24. The van der Waals surface area contributed by atoms with Crippen molar-refractivity contribution in [2.45, 2.75) is 13.3 Å². The minimum atomic E-state index is -0.738. The molecule has 6 heteroatoms. The normalized spacial score (nSPS) is 10.1. The molecule has 0 heterocycles. The van der Waals surface area contributed by atoms with E-state index in [1.54, 1.807) is 36.4 Å². The predicted molar refractivity (Wildman–Crippen MR) is 89.4 cm³/mol. The zero-order valence-electron chi connectivity index (χ0n) is 13.3. The highest BCUT2D eigenvalue weighted by atomic mass is 19.1. The zero-order chi connectivity index (χ0) is 17.4. The summed E-state index contributed by atoms with van der Waals surface area (Å²) in [5.41, 5.74) is 1.39. The number of halogens is 1. The summed E-state index contributed by atoms with van der Waals surface area (Å²) in [4.78, 5) is 23.6. The van der Waals surface area contributed by atoms with Crippen LogP contribution in [0.3, 0.4) is 0 Å². The van der Waals surface area contributed by atoms with Crippen molar-refractivity contribution in [3.05, 3.63) is 59.9 Å². The summed E-state index contributed by atoms with van der Waals surface area (Å²) in [5, 5.41) is 5.04. The first-order valence-electron chi connectivity index (χ1n) is 7.65. The molecular formula is C18H19FN2O3. The summed E-state index contributed by atoms with van der Waals surface area (Å²) < 4.78 is 18.1. The number of carbonyl (C=O) groups is 2. The Balaban J connectivity index is 1.77. The van der Waals surface area contributed by atoms with Crippen LogP contribution >= 0.6 is 0 Å². The average molecular weight is 330 g/mol. The van der Waals surface area contributed by atoms with E-state index in [-0.39, 0.29) is 5.82 Å². The molecule has 2 rings (SSSR count). The maximum absolute atomic E-state index is 12.8. The maximum Gasteiger partial charge on any atom is 0.313 e. The van der Waals surface area contributed by atoms with Gasteiger partial charge in [-0.3, -0.25) is 9.59 Å². The predicted octanol–water partition coefficient (Wildman–Crippen LogP) is 2.52. The minimum absolute atomic E-state index is 0.293. The largest absolute Gasteiger partial charge is 0.494 e. The van der Waals surface area contributed by atoms with Crippen LogP contribution in [0.4, 0.5) is 10.1 Å². The molecule has 24 heavy (non-hydrogen) atoms. The zero-order valence-corrected chi connectivity index (χ0v) is 13.3. The van der Waals surface area contributed by atoms with Gasteiger partial charge in [0.2, 0.25) is 0 Å². The summed E-state index contributed by atoms with van der Waals surface area (Å²) in [6, 6.07) is 12.7. The summed E-state index contributed by atoms with van der Waals surface area (Å²) >= 11 is 0. The summed E-state index contributed by atoms with van der Waals surface area (Å²) in [6.45, 7) is 2.73. The molecule has 0 saturated heterocycles. The monoisotopic (exact) mass is 330 g/mol. The van der Waals surface area contributed by atoms with Crippen molar-refractivity contribution in [1.82, 2.24) is 5.32 Å². The topological polar surface area (TPSA) is 67.4 Å². The van der Waals surface area contributed by atoms with Gasteiger partial charge in [-0.15, -0.1) is 0 Å². The summed E-state index contributed by atoms with van der Waals surface area (Å²) in [5.74, 6) is -1.07. The molecule has 0 spiro atoms. The third kappa shape index (κ3) is 5.39. The first-order valence-corrected chi connectivity index (χ1v) is 7.65. The standard InChI is InChI=1S/C18H19FN2O3/c1-2-24-16-9-7-15(8-10-16)21-18(23)17(22)20-12-11-13-3-5-14(19)6-4-13/h3-10H,2,11-12H2,1H3,(H,20,22)(H,21,23). The number of hydrogen-bond donors (Lipinski definition) is 2. The van der Waals surface area contributed by atoms with Crippen LogP contribution in [0.2, 0.25) is 0 Å².